The predicted molar refractivity (Wildman–Crippen MR) is 52.2 cm³/mol. The molecule has 11 heavy (non-hydrogen) atoms. The molecule has 2 heteroatoms. The van der Waals surface area contributed by atoms with Crippen LogP contribution in [0.25, 0.3) is 0 Å². The molecule has 0 aromatic heterocycles. The topological polar surface area (TPSA) is 26.0 Å². The maximum Gasteiger partial charge on any atom is 0.0449 e. The van der Waals surface area contributed by atoms with Crippen molar-refractivity contribution in [3.63, 3.8) is 0 Å². The van der Waals surface area contributed by atoms with Crippen LogP contribution >= 0.6 is 12.6 Å². The van der Waals surface area contributed by atoms with Crippen LogP contribution in [0.15, 0.2) is 23.1 Å². The van der Waals surface area contributed by atoms with E-state index in [-0.39, 0.29) is 0 Å². The minimum absolute atomic E-state index is 0.543. The van der Waals surface area contributed by atoms with Crippen molar-refractivity contribution >= 4 is 18.3 Å². The van der Waals surface area contributed by atoms with Crippen molar-refractivity contribution in [1.82, 2.24) is 0 Å². The highest BCUT2D eigenvalue weighted by atomic mass is 32.1. The van der Waals surface area contributed by atoms with E-state index in [1.165, 1.54) is 5.56 Å². The molecule has 0 spiro atoms. The standard InChI is InChI=1S/C9H13NS/c1-6(2)7-3-4-8(10)9(11)5-7/h3-6,11H,10H2,1-2H3. The van der Waals surface area contributed by atoms with E-state index in [2.05, 4.69) is 26.5 Å². The van der Waals surface area contributed by atoms with Gasteiger partial charge in [0.05, 0.1) is 0 Å². The van der Waals surface area contributed by atoms with Crippen LogP contribution in [-0.4, -0.2) is 0 Å². The number of anilines is 1. The summed E-state index contributed by atoms with van der Waals surface area (Å²) in [7, 11) is 0. The van der Waals surface area contributed by atoms with Crippen LogP contribution in [0.5, 0.6) is 0 Å². The summed E-state index contributed by atoms with van der Waals surface area (Å²) >= 11 is 4.24. The van der Waals surface area contributed by atoms with Crippen LogP contribution < -0.4 is 5.73 Å². The zero-order chi connectivity index (χ0) is 8.43. The van der Waals surface area contributed by atoms with E-state index >= 15 is 0 Å². The van der Waals surface area contributed by atoms with Crippen molar-refractivity contribution in [1.29, 1.82) is 0 Å². The Morgan fingerprint density at radius 2 is 2.00 bits per heavy atom. The first-order chi connectivity index (χ1) is 5.11. The Balaban J connectivity index is 3.05. The van der Waals surface area contributed by atoms with Gasteiger partial charge in [-0.25, -0.2) is 0 Å². The molecule has 0 radical (unpaired) electrons. The minimum Gasteiger partial charge on any atom is -0.398 e. The average Bonchev–Trinajstić information content (AvgIpc) is 1.94. The summed E-state index contributed by atoms with van der Waals surface area (Å²) in [6.45, 7) is 4.30. The Hall–Kier alpha value is -0.630. The molecule has 0 unspecified atom stereocenters. The van der Waals surface area contributed by atoms with Crippen molar-refractivity contribution in [2.75, 3.05) is 5.73 Å². The molecule has 60 valence electrons. The fraction of sp³-hybridized carbons (Fsp3) is 0.333. The summed E-state index contributed by atoms with van der Waals surface area (Å²) < 4.78 is 0. The van der Waals surface area contributed by atoms with Crippen LogP contribution in [0.3, 0.4) is 0 Å². The van der Waals surface area contributed by atoms with Gasteiger partial charge in [0.15, 0.2) is 0 Å². The van der Waals surface area contributed by atoms with E-state index in [9.17, 15) is 0 Å². The Bertz CT molecular complexity index is 256. The van der Waals surface area contributed by atoms with E-state index in [1.807, 2.05) is 18.2 Å². The highest BCUT2D eigenvalue weighted by Gasteiger charge is 2.00. The van der Waals surface area contributed by atoms with Crippen LogP contribution in [0.4, 0.5) is 5.69 Å². The smallest absolute Gasteiger partial charge is 0.0449 e. The van der Waals surface area contributed by atoms with Crippen molar-refractivity contribution in [2.45, 2.75) is 24.7 Å². The lowest BCUT2D eigenvalue weighted by atomic mass is 10.0. The summed E-state index contributed by atoms with van der Waals surface area (Å²) in [5.41, 5.74) is 7.64. The number of nitrogens with two attached hydrogens (primary N) is 1. The van der Waals surface area contributed by atoms with Gasteiger partial charge < -0.3 is 5.73 Å². The fourth-order valence-electron chi connectivity index (χ4n) is 0.920. The molecule has 1 aromatic carbocycles. The summed E-state index contributed by atoms with van der Waals surface area (Å²) in [5, 5.41) is 0. The van der Waals surface area contributed by atoms with Crippen molar-refractivity contribution in [2.24, 2.45) is 0 Å². The second kappa shape index (κ2) is 3.18. The Labute approximate surface area is 73.0 Å². The first-order valence-electron chi connectivity index (χ1n) is 3.69. The van der Waals surface area contributed by atoms with E-state index in [4.69, 9.17) is 5.73 Å². The van der Waals surface area contributed by atoms with Crippen LogP contribution in [-0.2, 0) is 0 Å². The number of hydrogen-bond acceptors (Lipinski definition) is 2. The van der Waals surface area contributed by atoms with E-state index in [0.29, 0.717) is 5.92 Å². The summed E-state index contributed by atoms with van der Waals surface area (Å²) in [5.74, 6) is 0.543. The molecule has 2 N–H and O–H groups in total. The van der Waals surface area contributed by atoms with Gasteiger partial charge in [-0.05, 0) is 23.6 Å². The minimum atomic E-state index is 0.543. The Morgan fingerprint density at radius 3 is 2.45 bits per heavy atom. The van der Waals surface area contributed by atoms with Gasteiger partial charge in [0.25, 0.3) is 0 Å². The van der Waals surface area contributed by atoms with Gasteiger partial charge in [0, 0.05) is 10.6 Å². The summed E-state index contributed by atoms with van der Waals surface area (Å²) in [4.78, 5) is 0.871. The lowest BCUT2D eigenvalue weighted by Gasteiger charge is -2.06. The van der Waals surface area contributed by atoms with Crippen molar-refractivity contribution in [3.8, 4) is 0 Å². The molecule has 0 aliphatic carbocycles. The molecular formula is C9H13NS. The van der Waals surface area contributed by atoms with Crippen LogP contribution in [0.2, 0.25) is 0 Å². The van der Waals surface area contributed by atoms with Gasteiger partial charge in [-0.3, -0.25) is 0 Å². The van der Waals surface area contributed by atoms with E-state index in [0.717, 1.165) is 10.6 Å². The Morgan fingerprint density at radius 1 is 1.36 bits per heavy atom. The number of hydrogen-bond donors (Lipinski definition) is 2. The second-order valence-corrected chi connectivity index (χ2v) is 3.45. The molecular weight excluding hydrogens is 154 g/mol. The van der Waals surface area contributed by atoms with E-state index < -0.39 is 0 Å². The first-order valence-corrected chi connectivity index (χ1v) is 4.14. The maximum atomic E-state index is 5.61. The number of rotatable bonds is 1. The molecule has 0 saturated carbocycles. The van der Waals surface area contributed by atoms with Crippen molar-refractivity contribution < 1.29 is 0 Å². The maximum absolute atomic E-state index is 5.61. The SMILES string of the molecule is CC(C)c1ccc(N)c(S)c1. The average molecular weight is 167 g/mol. The lowest BCUT2D eigenvalue weighted by Crippen LogP contribution is -1.91. The molecule has 0 saturated heterocycles. The number of thiol groups is 1. The van der Waals surface area contributed by atoms with Gasteiger partial charge in [-0.15, -0.1) is 12.6 Å². The summed E-state index contributed by atoms with van der Waals surface area (Å²) in [6.07, 6.45) is 0. The molecule has 0 fully saturated rings. The third-order valence-corrected chi connectivity index (χ3v) is 2.11. The Kier molecular flexibility index (Phi) is 2.45. The zero-order valence-corrected chi connectivity index (χ0v) is 7.73. The van der Waals surface area contributed by atoms with Gasteiger partial charge in [-0.2, -0.15) is 0 Å². The van der Waals surface area contributed by atoms with Gasteiger partial charge in [-0.1, -0.05) is 19.9 Å². The van der Waals surface area contributed by atoms with Crippen LogP contribution in [0.1, 0.15) is 25.3 Å². The largest absolute Gasteiger partial charge is 0.398 e. The third kappa shape index (κ3) is 1.90. The quantitative estimate of drug-likeness (QED) is 0.488. The molecule has 1 nitrogen and oxygen atoms in total. The zero-order valence-electron chi connectivity index (χ0n) is 6.83. The van der Waals surface area contributed by atoms with Gasteiger partial charge >= 0.3 is 0 Å². The molecule has 0 bridgehead atoms. The monoisotopic (exact) mass is 167 g/mol. The second-order valence-electron chi connectivity index (χ2n) is 2.97. The predicted octanol–water partition coefficient (Wildman–Crippen LogP) is 2.68. The first kappa shape index (κ1) is 8.47. The summed E-state index contributed by atoms with van der Waals surface area (Å²) in [6, 6.07) is 5.96. The molecule has 0 atom stereocenters. The van der Waals surface area contributed by atoms with Gasteiger partial charge in [0.1, 0.15) is 0 Å². The molecule has 0 aliphatic rings. The van der Waals surface area contributed by atoms with Gasteiger partial charge in [0.2, 0.25) is 0 Å². The van der Waals surface area contributed by atoms with Crippen LogP contribution in [0, 0.1) is 0 Å². The molecule has 0 aliphatic heterocycles. The molecule has 0 heterocycles. The highest BCUT2D eigenvalue weighted by Crippen LogP contribution is 2.22. The third-order valence-electron chi connectivity index (χ3n) is 1.72. The fourth-order valence-corrected chi connectivity index (χ4v) is 1.14. The van der Waals surface area contributed by atoms with Crippen molar-refractivity contribution in [3.05, 3.63) is 23.8 Å². The molecule has 1 rings (SSSR count). The normalized spacial score (nSPS) is 10.5. The molecule has 0 amide bonds. The lowest BCUT2D eigenvalue weighted by molar-refractivity contribution is 0.863. The highest BCUT2D eigenvalue weighted by molar-refractivity contribution is 7.80. The van der Waals surface area contributed by atoms with E-state index in [1.54, 1.807) is 0 Å². The number of benzene rings is 1. The molecule has 1 aromatic rings. The number of nitrogen functional groups attached to an aromatic ring is 1.